The number of rotatable bonds is 9. The van der Waals surface area contributed by atoms with Gasteiger partial charge in [-0.2, -0.15) is 8.61 Å². The predicted octanol–water partition coefficient (Wildman–Crippen LogP) is 2.38. The molecule has 0 unspecified atom stereocenters. The molecule has 2 saturated heterocycles. The molecule has 9 nitrogen and oxygen atoms in total. The number of halogens is 1. The van der Waals surface area contributed by atoms with Crippen molar-refractivity contribution in [3.05, 3.63) is 53.8 Å². The molecule has 1 amide bonds. The zero-order valence-corrected chi connectivity index (χ0v) is 22.4. The minimum Gasteiger partial charge on any atom is -0.495 e. The first-order chi connectivity index (χ1) is 17.6. The number of piperidine rings is 1. The fraction of sp³-hybridized carbons (Fsp3) is 0.480. The van der Waals surface area contributed by atoms with Crippen LogP contribution in [0.4, 0.5) is 4.39 Å². The molecular formula is C25H32FN3O6S2. The maximum Gasteiger partial charge on any atom is 0.246 e. The van der Waals surface area contributed by atoms with Crippen molar-refractivity contribution in [2.24, 2.45) is 5.92 Å². The maximum atomic E-state index is 13.7. The van der Waals surface area contributed by atoms with Gasteiger partial charge in [0.15, 0.2) is 0 Å². The van der Waals surface area contributed by atoms with Crippen LogP contribution in [0.3, 0.4) is 0 Å². The molecule has 0 bridgehead atoms. The van der Waals surface area contributed by atoms with Crippen molar-refractivity contribution in [2.45, 2.75) is 41.9 Å². The number of nitrogens with zero attached hydrogens (tertiary/aromatic N) is 2. The SMILES string of the molecule is COc1ccc(F)cc1S(=O)(=O)N1CCC(C(=O)NCCc2ccc(S(=O)(=O)N3CCCC3)cc2)CC1. The van der Waals surface area contributed by atoms with E-state index in [0.29, 0.717) is 38.9 Å². The lowest BCUT2D eigenvalue weighted by molar-refractivity contribution is -0.126. The van der Waals surface area contributed by atoms with Gasteiger partial charge in [-0.3, -0.25) is 4.79 Å². The Labute approximate surface area is 217 Å². The van der Waals surface area contributed by atoms with Crippen molar-refractivity contribution in [2.75, 3.05) is 39.8 Å². The van der Waals surface area contributed by atoms with E-state index in [0.717, 1.165) is 30.5 Å². The summed E-state index contributed by atoms with van der Waals surface area (Å²) in [4.78, 5) is 12.7. The summed E-state index contributed by atoms with van der Waals surface area (Å²) in [5, 5.41) is 2.90. The van der Waals surface area contributed by atoms with E-state index in [-0.39, 0.29) is 40.5 Å². The molecule has 0 atom stereocenters. The number of hydrogen-bond donors (Lipinski definition) is 1. The summed E-state index contributed by atoms with van der Waals surface area (Å²) in [7, 11) is -6.08. The van der Waals surface area contributed by atoms with Gasteiger partial charge in [0, 0.05) is 38.6 Å². The van der Waals surface area contributed by atoms with E-state index in [1.54, 1.807) is 24.3 Å². The highest BCUT2D eigenvalue weighted by Gasteiger charge is 2.34. The number of carbonyl (C=O) groups excluding carboxylic acids is 1. The second-order valence-corrected chi connectivity index (χ2v) is 13.1. The molecule has 2 aromatic carbocycles. The topological polar surface area (TPSA) is 113 Å². The molecular weight excluding hydrogens is 521 g/mol. The largest absolute Gasteiger partial charge is 0.495 e. The van der Waals surface area contributed by atoms with Gasteiger partial charge < -0.3 is 10.1 Å². The van der Waals surface area contributed by atoms with Gasteiger partial charge >= 0.3 is 0 Å². The van der Waals surface area contributed by atoms with Crippen LogP contribution in [0.15, 0.2) is 52.3 Å². The second kappa shape index (κ2) is 11.5. The molecule has 0 aromatic heterocycles. The Morgan fingerprint density at radius 1 is 0.946 bits per heavy atom. The second-order valence-electron chi connectivity index (χ2n) is 9.27. The zero-order valence-electron chi connectivity index (χ0n) is 20.7. The van der Waals surface area contributed by atoms with E-state index < -0.39 is 25.9 Å². The summed E-state index contributed by atoms with van der Waals surface area (Å²) in [6.07, 6.45) is 3.01. The molecule has 4 rings (SSSR count). The third-order valence-corrected chi connectivity index (χ3v) is 10.7. The lowest BCUT2D eigenvalue weighted by Gasteiger charge is -2.30. The molecule has 0 radical (unpaired) electrons. The average molecular weight is 554 g/mol. The minimum atomic E-state index is -3.96. The Morgan fingerprint density at radius 2 is 1.57 bits per heavy atom. The number of nitrogens with one attached hydrogen (secondary N) is 1. The van der Waals surface area contributed by atoms with E-state index >= 15 is 0 Å². The van der Waals surface area contributed by atoms with Crippen LogP contribution in [0, 0.1) is 11.7 Å². The van der Waals surface area contributed by atoms with E-state index in [2.05, 4.69) is 5.32 Å². The number of hydrogen-bond acceptors (Lipinski definition) is 6. The predicted molar refractivity (Wildman–Crippen MR) is 136 cm³/mol. The molecule has 12 heteroatoms. The molecule has 2 aromatic rings. The van der Waals surface area contributed by atoms with Crippen molar-refractivity contribution in [3.63, 3.8) is 0 Å². The summed E-state index contributed by atoms with van der Waals surface area (Å²) in [6, 6.07) is 10.1. The summed E-state index contributed by atoms with van der Waals surface area (Å²) in [5.74, 6) is -1.07. The zero-order chi connectivity index (χ0) is 26.6. The van der Waals surface area contributed by atoms with Crippen molar-refractivity contribution in [1.82, 2.24) is 13.9 Å². The van der Waals surface area contributed by atoms with Crippen LogP contribution in [0.1, 0.15) is 31.2 Å². The fourth-order valence-electron chi connectivity index (χ4n) is 4.73. The Morgan fingerprint density at radius 3 is 2.19 bits per heavy atom. The number of carbonyl (C=O) groups is 1. The highest BCUT2D eigenvalue weighted by atomic mass is 32.2. The Balaban J connectivity index is 1.26. The Hall–Kier alpha value is -2.54. The smallest absolute Gasteiger partial charge is 0.246 e. The molecule has 0 spiro atoms. The third-order valence-electron chi connectivity index (χ3n) is 6.91. The highest BCUT2D eigenvalue weighted by molar-refractivity contribution is 7.89. The van der Waals surface area contributed by atoms with Crippen LogP contribution in [-0.2, 0) is 31.3 Å². The summed E-state index contributed by atoms with van der Waals surface area (Å²) in [5.41, 5.74) is 0.908. The van der Waals surface area contributed by atoms with Crippen molar-refractivity contribution < 1.29 is 30.8 Å². The van der Waals surface area contributed by atoms with Gasteiger partial charge in [0.1, 0.15) is 16.5 Å². The minimum absolute atomic E-state index is 0.0722. The maximum absolute atomic E-state index is 13.7. The first kappa shape index (κ1) is 27.5. The molecule has 2 aliphatic heterocycles. The van der Waals surface area contributed by atoms with Gasteiger partial charge in [0.05, 0.1) is 12.0 Å². The molecule has 0 saturated carbocycles. The number of benzene rings is 2. The van der Waals surface area contributed by atoms with Gasteiger partial charge in [-0.05, 0) is 68.0 Å². The number of sulfonamides is 2. The normalized spacial score (nSPS) is 18.1. The summed E-state index contributed by atoms with van der Waals surface area (Å²) in [6.45, 7) is 1.79. The van der Waals surface area contributed by atoms with Gasteiger partial charge in [-0.25, -0.2) is 21.2 Å². The van der Waals surface area contributed by atoms with Crippen LogP contribution in [0.5, 0.6) is 5.75 Å². The van der Waals surface area contributed by atoms with Gasteiger partial charge in [0.2, 0.25) is 26.0 Å². The van der Waals surface area contributed by atoms with Crippen LogP contribution in [0.25, 0.3) is 0 Å². The van der Waals surface area contributed by atoms with Crippen LogP contribution in [0.2, 0.25) is 0 Å². The Kier molecular flexibility index (Phi) is 8.52. The molecule has 202 valence electrons. The average Bonchev–Trinajstić information content (AvgIpc) is 3.45. The third kappa shape index (κ3) is 6.14. The van der Waals surface area contributed by atoms with Gasteiger partial charge in [-0.15, -0.1) is 0 Å². The Bertz CT molecular complexity index is 1320. The van der Waals surface area contributed by atoms with E-state index in [9.17, 15) is 26.0 Å². The van der Waals surface area contributed by atoms with Crippen molar-refractivity contribution >= 4 is 26.0 Å². The quantitative estimate of drug-likeness (QED) is 0.510. The summed E-state index contributed by atoms with van der Waals surface area (Å²) >= 11 is 0. The van der Waals surface area contributed by atoms with Gasteiger partial charge in [0.25, 0.3) is 0 Å². The standard InChI is InChI=1S/C25H32FN3O6S2/c1-35-23-9-6-21(26)18-24(23)37(33,34)29-16-11-20(12-17-29)25(30)27-13-10-19-4-7-22(8-5-19)36(31,32)28-14-2-3-15-28/h4-9,18,20H,2-3,10-17H2,1H3,(H,27,30). The van der Waals surface area contributed by atoms with Crippen molar-refractivity contribution in [1.29, 1.82) is 0 Å². The molecule has 2 aliphatic rings. The van der Waals surface area contributed by atoms with Gasteiger partial charge in [-0.1, -0.05) is 12.1 Å². The molecule has 2 fully saturated rings. The van der Waals surface area contributed by atoms with Crippen molar-refractivity contribution in [3.8, 4) is 5.75 Å². The fourth-order valence-corrected chi connectivity index (χ4v) is 7.88. The number of amides is 1. The van der Waals surface area contributed by atoms with Crippen LogP contribution in [-0.4, -0.2) is 71.2 Å². The lowest BCUT2D eigenvalue weighted by Crippen LogP contribution is -2.43. The lowest BCUT2D eigenvalue weighted by atomic mass is 9.97. The molecule has 37 heavy (non-hydrogen) atoms. The number of methoxy groups -OCH3 is 1. The molecule has 2 heterocycles. The summed E-state index contributed by atoms with van der Waals surface area (Å²) < 4.78 is 72.9. The van der Waals surface area contributed by atoms with Crippen LogP contribution >= 0.6 is 0 Å². The van der Waals surface area contributed by atoms with Crippen LogP contribution < -0.4 is 10.1 Å². The monoisotopic (exact) mass is 553 g/mol. The molecule has 1 N–H and O–H groups in total. The number of ether oxygens (including phenoxy) is 1. The molecule has 0 aliphatic carbocycles. The van der Waals surface area contributed by atoms with E-state index in [4.69, 9.17) is 4.74 Å². The highest BCUT2D eigenvalue weighted by Crippen LogP contribution is 2.30. The first-order valence-electron chi connectivity index (χ1n) is 12.3. The first-order valence-corrected chi connectivity index (χ1v) is 15.2. The van der Waals surface area contributed by atoms with E-state index in [1.165, 1.54) is 21.8 Å². The van der Waals surface area contributed by atoms with E-state index in [1.807, 2.05) is 0 Å².